The minimum Gasteiger partial charge on any atom is -0.354 e. The normalized spacial score (nSPS) is 11.2. The number of unbranched alkanes of at least 4 members (excludes halogenated alkanes) is 4. The average molecular weight is 310 g/mol. The molecule has 0 aliphatic heterocycles. The third-order valence-corrected chi connectivity index (χ3v) is 3.75. The molecule has 5 nitrogen and oxygen atoms in total. The van der Waals surface area contributed by atoms with Crippen molar-refractivity contribution >= 4 is 28.7 Å². The molecule has 0 aliphatic carbocycles. The highest BCUT2D eigenvalue weighted by atomic mass is 35.5. The summed E-state index contributed by atoms with van der Waals surface area (Å²) in [4.78, 5) is 13.2. The highest BCUT2D eigenvalue weighted by Gasteiger charge is 2.11. The Morgan fingerprint density at radius 3 is 2.62 bits per heavy atom. The molecular formula is C15H24ClN5. The summed E-state index contributed by atoms with van der Waals surface area (Å²) in [6.45, 7) is 6.18. The van der Waals surface area contributed by atoms with Crippen molar-refractivity contribution in [3.63, 3.8) is 0 Å². The van der Waals surface area contributed by atoms with E-state index in [1.165, 1.54) is 25.7 Å². The molecule has 116 valence electrons. The van der Waals surface area contributed by atoms with Gasteiger partial charge in [0.05, 0.1) is 6.33 Å². The minimum absolute atomic E-state index is 0.423. The fourth-order valence-corrected chi connectivity index (χ4v) is 2.47. The monoisotopic (exact) mass is 309 g/mol. The Morgan fingerprint density at radius 1 is 1.10 bits per heavy atom. The Bertz CT molecular complexity index is 566. The van der Waals surface area contributed by atoms with E-state index in [0.717, 1.165) is 31.6 Å². The second kappa shape index (κ2) is 8.17. The number of nitrogens with zero attached hydrogens (tertiary/aromatic N) is 4. The van der Waals surface area contributed by atoms with Crippen molar-refractivity contribution in [1.29, 1.82) is 0 Å². The standard InChI is InChI=1S/C15H24ClN5/c1-3-5-7-9-17-15-19-13(16)12-14(20-15)21(11-18-12)10-8-6-4-2/h11H,3-10H2,1-2H3,(H,17,19,20). The smallest absolute Gasteiger partial charge is 0.226 e. The number of hydrogen-bond acceptors (Lipinski definition) is 4. The van der Waals surface area contributed by atoms with Crippen LogP contribution in [0.1, 0.15) is 52.4 Å². The van der Waals surface area contributed by atoms with Gasteiger partial charge in [-0.05, 0) is 12.8 Å². The molecular weight excluding hydrogens is 286 g/mol. The van der Waals surface area contributed by atoms with Gasteiger partial charge in [-0.25, -0.2) is 4.98 Å². The molecule has 6 heteroatoms. The zero-order chi connectivity index (χ0) is 15.1. The summed E-state index contributed by atoms with van der Waals surface area (Å²) in [5, 5.41) is 3.67. The average Bonchev–Trinajstić information content (AvgIpc) is 2.88. The summed E-state index contributed by atoms with van der Waals surface area (Å²) in [5.74, 6) is 0.598. The lowest BCUT2D eigenvalue weighted by atomic mass is 10.2. The summed E-state index contributed by atoms with van der Waals surface area (Å²) in [5.41, 5.74) is 1.51. The van der Waals surface area contributed by atoms with Crippen LogP contribution in [0.5, 0.6) is 0 Å². The Balaban J connectivity index is 2.11. The SMILES string of the molecule is CCCCCNc1nc(Cl)c2ncn(CCCCC)c2n1. The van der Waals surface area contributed by atoms with Gasteiger partial charge in [-0.2, -0.15) is 9.97 Å². The Morgan fingerprint density at radius 2 is 1.86 bits per heavy atom. The van der Waals surface area contributed by atoms with E-state index in [2.05, 4.69) is 38.7 Å². The van der Waals surface area contributed by atoms with Crippen molar-refractivity contribution in [3.05, 3.63) is 11.5 Å². The van der Waals surface area contributed by atoms with Crippen LogP contribution in [0.15, 0.2) is 6.33 Å². The molecule has 0 fully saturated rings. The van der Waals surface area contributed by atoms with Gasteiger partial charge in [0.2, 0.25) is 5.95 Å². The van der Waals surface area contributed by atoms with Gasteiger partial charge < -0.3 is 9.88 Å². The summed E-state index contributed by atoms with van der Waals surface area (Å²) >= 11 is 6.21. The van der Waals surface area contributed by atoms with Crippen molar-refractivity contribution < 1.29 is 0 Å². The summed E-state index contributed by atoms with van der Waals surface area (Å²) in [6.07, 6.45) is 8.87. The number of aromatic nitrogens is 4. The van der Waals surface area contributed by atoms with Crippen molar-refractivity contribution in [1.82, 2.24) is 19.5 Å². The van der Waals surface area contributed by atoms with E-state index < -0.39 is 0 Å². The quantitative estimate of drug-likeness (QED) is 0.555. The molecule has 0 atom stereocenters. The van der Waals surface area contributed by atoms with Crippen molar-refractivity contribution in [2.45, 2.75) is 58.9 Å². The molecule has 2 aromatic heterocycles. The first kappa shape index (κ1) is 16.0. The van der Waals surface area contributed by atoms with Crippen LogP contribution in [0.4, 0.5) is 5.95 Å². The largest absolute Gasteiger partial charge is 0.354 e. The number of nitrogens with one attached hydrogen (secondary N) is 1. The minimum atomic E-state index is 0.423. The Labute approximate surface area is 131 Å². The zero-order valence-electron chi connectivity index (χ0n) is 12.9. The third-order valence-electron chi connectivity index (χ3n) is 3.49. The van der Waals surface area contributed by atoms with E-state index in [0.29, 0.717) is 16.6 Å². The van der Waals surface area contributed by atoms with Crippen LogP contribution in [0.3, 0.4) is 0 Å². The molecule has 0 radical (unpaired) electrons. The molecule has 0 amide bonds. The van der Waals surface area contributed by atoms with Crippen LogP contribution >= 0.6 is 11.6 Å². The molecule has 2 heterocycles. The maximum absolute atomic E-state index is 6.21. The number of hydrogen-bond donors (Lipinski definition) is 1. The second-order valence-corrected chi connectivity index (χ2v) is 5.65. The molecule has 0 aliphatic rings. The van der Waals surface area contributed by atoms with Gasteiger partial charge in [0.1, 0.15) is 5.52 Å². The van der Waals surface area contributed by atoms with Gasteiger partial charge in [-0.15, -0.1) is 0 Å². The molecule has 2 aromatic rings. The summed E-state index contributed by atoms with van der Waals surface area (Å²) < 4.78 is 2.07. The first-order valence-corrected chi connectivity index (χ1v) is 8.26. The topological polar surface area (TPSA) is 55.6 Å². The molecule has 21 heavy (non-hydrogen) atoms. The highest BCUT2D eigenvalue weighted by Crippen LogP contribution is 2.21. The van der Waals surface area contributed by atoms with Crippen molar-refractivity contribution in [2.75, 3.05) is 11.9 Å². The van der Waals surface area contributed by atoms with Crippen molar-refractivity contribution in [2.24, 2.45) is 0 Å². The van der Waals surface area contributed by atoms with Crippen LogP contribution in [0.25, 0.3) is 11.2 Å². The Hall–Kier alpha value is -1.36. The third kappa shape index (κ3) is 4.30. The first-order chi connectivity index (χ1) is 10.3. The lowest BCUT2D eigenvalue weighted by Gasteiger charge is -2.07. The fourth-order valence-electron chi connectivity index (χ4n) is 2.26. The van der Waals surface area contributed by atoms with Gasteiger partial charge >= 0.3 is 0 Å². The predicted octanol–water partition coefficient (Wildman–Crippen LogP) is 4.27. The summed E-state index contributed by atoms with van der Waals surface area (Å²) in [6, 6.07) is 0. The molecule has 0 bridgehead atoms. The van der Waals surface area contributed by atoms with E-state index in [-0.39, 0.29) is 0 Å². The highest BCUT2D eigenvalue weighted by molar-refractivity contribution is 6.33. The van der Waals surface area contributed by atoms with Crippen molar-refractivity contribution in [3.8, 4) is 0 Å². The van der Waals surface area contributed by atoms with Gasteiger partial charge in [0, 0.05) is 13.1 Å². The van der Waals surface area contributed by atoms with E-state index in [9.17, 15) is 0 Å². The maximum atomic E-state index is 6.21. The number of aryl methyl sites for hydroxylation is 1. The Kier molecular flexibility index (Phi) is 6.23. The lowest BCUT2D eigenvalue weighted by molar-refractivity contribution is 0.610. The predicted molar refractivity (Wildman–Crippen MR) is 87.9 cm³/mol. The van der Waals surface area contributed by atoms with Gasteiger partial charge in [-0.1, -0.05) is 51.1 Å². The number of rotatable bonds is 9. The van der Waals surface area contributed by atoms with Gasteiger partial charge in [0.15, 0.2) is 10.8 Å². The second-order valence-electron chi connectivity index (χ2n) is 5.29. The van der Waals surface area contributed by atoms with E-state index in [4.69, 9.17) is 11.6 Å². The van der Waals surface area contributed by atoms with E-state index in [1.807, 2.05) is 6.33 Å². The molecule has 0 spiro atoms. The lowest BCUT2D eigenvalue weighted by Crippen LogP contribution is -2.07. The van der Waals surface area contributed by atoms with Crippen LogP contribution < -0.4 is 5.32 Å². The van der Waals surface area contributed by atoms with Crippen LogP contribution in [0.2, 0.25) is 5.15 Å². The fraction of sp³-hybridized carbons (Fsp3) is 0.667. The number of halogens is 1. The van der Waals surface area contributed by atoms with Gasteiger partial charge in [-0.3, -0.25) is 0 Å². The van der Waals surface area contributed by atoms with Crippen LogP contribution in [0, 0.1) is 0 Å². The van der Waals surface area contributed by atoms with E-state index >= 15 is 0 Å². The first-order valence-electron chi connectivity index (χ1n) is 7.88. The van der Waals surface area contributed by atoms with E-state index in [1.54, 1.807) is 0 Å². The summed E-state index contributed by atoms with van der Waals surface area (Å²) in [7, 11) is 0. The number of imidazole rings is 1. The van der Waals surface area contributed by atoms with Crippen LogP contribution in [-0.4, -0.2) is 26.1 Å². The molecule has 0 unspecified atom stereocenters. The molecule has 0 saturated carbocycles. The molecule has 2 rings (SSSR count). The zero-order valence-corrected chi connectivity index (χ0v) is 13.7. The molecule has 0 saturated heterocycles. The molecule has 0 aromatic carbocycles. The molecule has 1 N–H and O–H groups in total. The maximum Gasteiger partial charge on any atom is 0.226 e. The number of anilines is 1. The van der Waals surface area contributed by atoms with Gasteiger partial charge in [0.25, 0.3) is 0 Å². The number of fused-ring (bicyclic) bond motifs is 1. The van der Waals surface area contributed by atoms with Crippen LogP contribution in [-0.2, 0) is 6.54 Å².